The van der Waals surface area contributed by atoms with Crippen LogP contribution in [0.4, 0.5) is 10.1 Å². The molecule has 1 aromatic rings. The van der Waals surface area contributed by atoms with E-state index in [4.69, 9.17) is 5.26 Å². The van der Waals surface area contributed by atoms with E-state index in [-0.39, 0.29) is 5.56 Å². The van der Waals surface area contributed by atoms with Gasteiger partial charge in [-0.05, 0) is 37.8 Å². The van der Waals surface area contributed by atoms with E-state index < -0.39 is 5.82 Å². The minimum Gasteiger partial charge on any atom is -0.381 e. The van der Waals surface area contributed by atoms with Crippen molar-refractivity contribution in [2.45, 2.75) is 45.1 Å². The molecular weight excluding hydrogens is 227 g/mol. The Morgan fingerprint density at radius 3 is 2.72 bits per heavy atom. The molecule has 1 N–H and O–H groups in total. The molecule has 1 saturated carbocycles. The fourth-order valence-corrected chi connectivity index (χ4v) is 2.76. The summed E-state index contributed by atoms with van der Waals surface area (Å²) in [5.41, 5.74) is 0.746. The van der Waals surface area contributed by atoms with Crippen LogP contribution in [0.1, 0.15) is 44.6 Å². The van der Waals surface area contributed by atoms with Gasteiger partial charge in [-0.2, -0.15) is 5.26 Å². The van der Waals surface area contributed by atoms with Crippen molar-refractivity contribution < 1.29 is 4.39 Å². The molecular formula is C15H19FN2. The second kappa shape index (κ2) is 5.86. The van der Waals surface area contributed by atoms with Crippen LogP contribution in [0.3, 0.4) is 0 Å². The number of anilines is 1. The van der Waals surface area contributed by atoms with Gasteiger partial charge in [0.15, 0.2) is 0 Å². The van der Waals surface area contributed by atoms with Crippen molar-refractivity contribution in [3.63, 3.8) is 0 Å². The second-order valence-corrected chi connectivity index (χ2v) is 5.11. The molecule has 1 atom stereocenters. The lowest BCUT2D eigenvalue weighted by Gasteiger charge is -2.29. The summed E-state index contributed by atoms with van der Waals surface area (Å²) in [4.78, 5) is 0. The largest absolute Gasteiger partial charge is 0.381 e. The number of benzene rings is 1. The van der Waals surface area contributed by atoms with Crippen LogP contribution in [-0.4, -0.2) is 6.04 Å². The number of halogens is 1. The molecule has 1 unspecified atom stereocenters. The lowest BCUT2D eigenvalue weighted by Crippen LogP contribution is -2.28. The highest BCUT2D eigenvalue weighted by Crippen LogP contribution is 2.29. The first-order valence-corrected chi connectivity index (χ1v) is 6.67. The average Bonchev–Trinajstić information content (AvgIpc) is 2.40. The summed E-state index contributed by atoms with van der Waals surface area (Å²) < 4.78 is 13.5. The van der Waals surface area contributed by atoms with Gasteiger partial charge in [0.1, 0.15) is 17.4 Å². The van der Waals surface area contributed by atoms with Crippen LogP contribution in [0.15, 0.2) is 18.2 Å². The van der Waals surface area contributed by atoms with Gasteiger partial charge >= 0.3 is 0 Å². The zero-order valence-corrected chi connectivity index (χ0v) is 10.7. The molecule has 0 radical (unpaired) electrons. The van der Waals surface area contributed by atoms with Crippen molar-refractivity contribution in [3.8, 4) is 6.07 Å². The lowest BCUT2D eigenvalue weighted by molar-refractivity contribution is 0.328. The molecule has 0 saturated heterocycles. The zero-order valence-electron chi connectivity index (χ0n) is 10.7. The zero-order chi connectivity index (χ0) is 13.0. The predicted octanol–water partition coefficient (Wildman–Crippen LogP) is 4.08. The summed E-state index contributed by atoms with van der Waals surface area (Å²) in [6.45, 7) is 2.13. The highest BCUT2D eigenvalue weighted by atomic mass is 19.1. The second-order valence-electron chi connectivity index (χ2n) is 5.11. The molecule has 0 amide bonds. The maximum Gasteiger partial charge on any atom is 0.143 e. The Bertz CT molecular complexity index is 444. The number of rotatable bonds is 3. The van der Waals surface area contributed by atoms with Gasteiger partial charge in [-0.3, -0.25) is 0 Å². The van der Waals surface area contributed by atoms with Gasteiger partial charge in [0, 0.05) is 6.04 Å². The molecule has 1 aliphatic rings. The summed E-state index contributed by atoms with van der Waals surface area (Å²) in [7, 11) is 0. The van der Waals surface area contributed by atoms with Crippen LogP contribution in [0, 0.1) is 23.1 Å². The minimum absolute atomic E-state index is 0.125. The Morgan fingerprint density at radius 2 is 2.06 bits per heavy atom. The Hall–Kier alpha value is -1.56. The number of hydrogen-bond acceptors (Lipinski definition) is 2. The van der Waals surface area contributed by atoms with Gasteiger partial charge in [-0.1, -0.05) is 25.3 Å². The molecule has 18 heavy (non-hydrogen) atoms. The first-order chi connectivity index (χ1) is 8.72. The van der Waals surface area contributed by atoms with E-state index in [0.29, 0.717) is 17.6 Å². The molecule has 0 heterocycles. The monoisotopic (exact) mass is 246 g/mol. The van der Waals surface area contributed by atoms with Crippen LogP contribution in [0.2, 0.25) is 0 Å². The smallest absolute Gasteiger partial charge is 0.143 e. The van der Waals surface area contributed by atoms with Gasteiger partial charge in [-0.25, -0.2) is 4.39 Å². The third-order valence-electron chi connectivity index (χ3n) is 3.87. The first-order valence-electron chi connectivity index (χ1n) is 6.67. The molecule has 3 heteroatoms. The summed E-state index contributed by atoms with van der Waals surface area (Å²) in [6.07, 6.45) is 6.35. The number of nitrogens with one attached hydrogen (secondary N) is 1. The fourth-order valence-electron chi connectivity index (χ4n) is 2.76. The number of hydrogen-bond donors (Lipinski definition) is 1. The van der Waals surface area contributed by atoms with E-state index in [9.17, 15) is 4.39 Å². The Labute approximate surface area is 108 Å². The fraction of sp³-hybridized carbons (Fsp3) is 0.533. The third kappa shape index (κ3) is 2.81. The summed E-state index contributed by atoms with van der Waals surface area (Å²) >= 11 is 0. The predicted molar refractivity (Wildman–Crippen MR) is 70.8 cm³/mol. The quantitative estimate of drug-likeness (QED) is 0.872. The van der Waals surface area contributed by atoms with E-state index >= 15 is 0 Å². The summed E-state index contributed by atoms with van der Waals surface area (Å²) in [6, 6.07) is 6.98. The molecule has 2 nitrogen and oxygen atoms in total. The Balaban J connectivity index is 2.09. The van der Waals surface area contributed by atoms with Crippen molar-refractivity contribution >= 4 is 5.69 Å². The van der Waals surface area contributed by atoms with Crippen molar-refractivity contribution in [1.29, 1.82) is 5.26 Å². The SMILES string of the molecule is CC(Nc1cccc(F)c1C#N)C1CCCCC1. The van der Waals surface area contributed by atoms with Crippen LogP contribution in [0.5, 0.6) is 0 Å². The summed E-state index contributed by atoms with van der Waals surface area (Å²) in [5, 5.41) is 12.3. The van der Waals surface area contributed by atoms with Gasteiger partial charge in [0.25, 0.3) is 0 Å². The average molecular weight is 246 g/mol. The number of nitriles is 1. The molecule has 0 aliphatic heterocycles. The van der Waals surface area contributed by atoms with Crippen molar-refractivity contribution in [2.75, 3.05) is 5.32 Å². The van der Waals surface area contributed by atoms with Crippen molar-refractivity contribution in [3.05, 3.63) is 29.6 Å². The van der Waals surface area contributed by atoms with Crippen LogP contribution < -0.4 is 5.32 Å². The topological polar surface area (TPSA) is 35.8 Å². The van der Waals surface area contributed by atoms with Crippen molar-refractivity contribution in [1.82, 2.24) is 0 Å². The van der Waals surface area contributed by atoms with Crippen LogP contribution in [0.25, 0.3) is 0 Å². The maximum atomic E-state index is 13.5. The van der Waals surface area contributed by atoms with E-state index in [1.165, 1.54) is 38.2 Å². The van der Waals surface area contributed by atoms with Gasteiger partial charge < -0.3 is 5.32 Å². The van der Waals surface area contributed by atoms with E-state index in [2.05, 4.69) is 12.2 Å². The van der Waals surface area contributed by atoms with Crippen LogP contribution in [-0.2, 0) is 0 Å². The Morgan fingerprint density at radius 1 is 1.33 bits per heavy atom. The molecule has 96 valence electrons. The third-order valence-corrected chi connectivity index (χ3v) is 3.87. The Kier molecular flexibility index (Phi) is 4.19. The molecule has 2 rings (SSSR count). The van der Waals surface area contributed by atoms with E-state index in [0.717, 1.165) is 0 Å². The molecule has 1 fully saturated rings. The lowest BCUT2D eigenvalue weighted by atomic mass is 9.84. The molecule has 0 spiro atoms. The van der Waals surface area contributed by atoms with Gasteiger partial charge in [0.05, 0.1) is 5.69 Å². The molecule has 1 aliphatic carbocycles. The molecule has 0 aromatic heterocycles. The summed E-state index contributed by atoms with van der Waals surface area (Å²) in [5.74, 6) is 0.187. The molecule has 1 aromatic carbocycles. The van der Waals surface area contributed by atoms with E-state index in [1.807, 2.05) is 6.07 Å². The highest BCUT2D eigenvalue weighted by molar-refractivity contribution is 5.58. The first kappa shape index (κ1) is 12.9. The van der Waals surface area contributed by atoms with Gasteiger partial charge in [0.2, 0.25) is 0 Å². The van der Waals surface area contributed by atoms with E-state index in [1.54, 1.807) is 12.1 Å². The van der Waals surface area contributed by atoms with Gasteiger partial charge in [-0.15, -0.1) is 0 Å². The number of nitrogens with zero attached hydrogens (tertiary/aromatic N) is 1. The minimum atomic E-state index is -0.446. The maximum absolute atomic E-state index is 13.5. The normalized spacial score (nSPS) is 18.1. The molecule has 0 bridgehead atoms. The standard InChI is InChI=1S/C15H19FN2/c1-11(12-6-3-2-4-7-12)18-15-9-5-8-14(16)13(15)10-17/h5,8-9,11-12,18H,2-4,6-7H2,1H3. The highest BCUT2D eigenvalue weighted by Gasteiger charge is 2.21. The van der Waals surface area contributed by atoms with Crippen LogP contribution >= 0.6 is 0 Å². The van der Waals surface area contributed by atoms with Crippen molar-refractivity contribution in [2.24, 2.45) is 5.92 Å².